The van der Waals surface area contributed by atoms with Crippen LogP contribution in [0, 0.1) is 0 Å². The minimum atomic E-state index is -0.640. The number of benzene rings is 3. The number of nitrogens with zero attached hydrogens (tertiary/aromatic N) is 1. The lowest BCUT2D eigenvalue weighted by atomic mass is 10.0. The molecule has 1 fully saturated rings. The van der Waals surface area contributed by atoms with Crippen molar-refractivity contribution in [1.82, 2.24) is 10.2 Å². The van der Waals surface area contributed by atoms with E-state index in [1.807, 2.05) is 78.9 Å². The summed E-state index contributed by atoms with van der Waals surface area (Å²) in [6.07, 6.45) is 4.65. The second-order valence-electron chi connectivity index (χ2n) is 9.43. The Morgan fingerprint density at radius 2 is 1.62 bits per heavy atom. The van der Waals surface area contributed by atoms with Crippen LogP contribution in [0.25, 0.3) is 0 Å². The number of hydrogen-bond donors (Lipinski definition) is 1. The van der Waals surface area contributed by atoms with E-state index in [1.54, 1.807) is 4.90 Å². The zero-order valence-electron chi connectivity index (χ0n) is 20.7. The van der Waals surface area contributed by atoms with Gasteiger partial charge in [0.15, 0.2) is 0 Å². The molecule has 0 aliphatic heterocycles. The lowest BCUT2D eigenvalue weighted by molar-refractivity contribution is -0.139. The number of halogens is 2. The number of carbonyl (C=O) groups is 2. The summed E-state index contributed by atoms with van der Waals surface area (Å²) in [6.45, 7) is 0.270. The van der Waals surface area contributed by atoms with E-state index in [2.05, 4.69) is 5.32 Å². The van der Waals surface area contributed by atoms with E-state index in [9.17, 15) is 9.59 Å². The molecule has 1 N–H and O–H groups in total. The monoisotopic (exact) mass is 554 g/mol. The van der Waals surface area contributed by atoms with Gasteiger partial charge < -0.3 is 10.2 Å². The molecule has 1 saturated carbocycles. The van der Waals surface area contributed by atoms with Gasteiger partial charge in [-0.05, 0) is 47.7 Å². The van der Waals surface area contributed by atoms with Crippen LogP contribution in [0.5, 0.6) is 0 Å². The van der Waals surface area contributed by atoms with Gasteiger partial charge in [0.25, 0.3) is 0 Å². The molecule has 1 aliphatic rings. The van der Waals surface area contributed by atoms with E-state index < -0.39 is 6.04 Å². The van der Waals surface area contributed by atoms with Crippen molar-refractivity contribution < 1.29 is 9.59 Å². The van der Waals surface area contributed by atoms with Gasteiger partial charge in [0.1, 0.15) is 6.04 Å². The molecule has 0 bridgehead atoms. The highest BCUT2D eigenvalue weighted by molar-refractivity contribution is 7.99. The highest BCUT2D eigenvalue weighted by Gasteiger charge is 2.32. The summed E-state index contributed by atoms with van der Waals surface area (Å²) in [5.74, 6) is 0.716. The van der Waals surface area contributed by atoms with Crippen molar-refractivity contribution in [2.45, 2.75) is 56.5 Å². The molecule has 0 heterocycles. The maximum Gasteiger partial charge on any atom is 0.243 e. The van der Waals surface area contributed by atoms with Crippen LogP contribution in [0.4, 0.5) is 0 Å². The lowest BCUT2D eigenvalue weighted by Crippen LogP contribution is -2.52. The fraction of sp³-hybridized carbons (Fsp3) is 0.333. The molecule has 2 amide bonds. The van der Waals surface area contributed by atoms with Gasteiger partial charge in [-0.1, -0.05) is 96.7 Å². The fourth-order valence-electron chi connectivity index (χ4n) is 4.70. The van der Waals surface area contributed by atoms with Crippen LogP contribution in [0.2, 0.25) is 10.0 Å². The molecular weight excluding hydrogens is 523 g/mol. The maximum atomic E-state index is 13.7. The Bertz CT molecular complexity index is 1180. The molecule has 1 aliphatic carbocycles. The molecule has 194 valence electrons. The third kappa shape index (κ3) is 8.26. The van der Waals surface area contributed by atoms with Crippen LogP contribution in [-0.4, -0.2) is 34.6 Å². The summed E-state index contributed by atoms with van der Waals surface area (Å²) < 4.78 is 0. The first-order valence-corrected chi connectivity index (χ1v) is 14.6. The molecule has 4 nitrogen and oxygen atoms in total. The Labute approximate surface area is 233 Å². The van der Waals surface area contributed by atoms with Crippen molar-refractivity contribution in [1.29, 1.82) is 0 Å². The van der Waals surface area contributed by atoms with Gasteiger partial charge in [0, 0.05) is 34.8 Å². The number of nitrogens with one attached hydrogen (secondary N) is 1. The van der Waals surface area contributed by atoms with E-state index in [0.717, 1.165) is 42.4 Å². The Kier molecular flexibility index (Phi) is 10.4. The predicted octanol–water partition coefficient (Wildman–Crippen LogP) is 6.93. The molecule has 4 rings (SSSR count). The van der Waals surface area contributed by atoms with E-state index in [4.69, 9.17) is 23.2 Å². The smallest absolute Gasteiger partial charge is 0.243 e. The lowest BCUT2D eigenvalue weighted by Gasteiger charge is -2.32. The third-order valence-electron chi connectivity index (χ3n) is 6.65. The summed E-state index contributed by atoms with van der Waals surface area (Å²) in [6, 6.07) is 24.6. The number of amides is 2. The first-order valence-electron chi connectivity index (χ1n) is 12.7. The SMILES string of the molecule is O=C(NC1CCCC1)[C@@H](Cc1ccccc1)N(Cc1ccccc1Cl)C(=O)CSCc1cccc(Cl)c1. The average Bonchev–Trinajstić information content (AvgIpc) is 3.41. The molecule has 37 heavy (non-hydrogen) atoms. The van der Waals surface area contributed by atoms with Gasteiger partial charge in [0.05, 0.1) is 5.75 Å². The molecule has 0 saturated heterocycles. The van der Waals surface area contributed by atoms with Crippen molar-refractivity contribution in [3.8, 4) is 0 Å². The van der Waals surface area contributed by atoms with E-state index in [0.29, 0.717) is 22.2 Å². The molecule has 3 aromatic rings. The third-order valence-corrected chi connectivity index (χ3v) is 8.25. The number of carbonyl (C=O) groups excluding carboxylic acids is 2. The number of thioether (sulfide) groups is 1. The number of rotatable bonds is 11. The van der Waals surface area contributed by atoms with Crippen LogP contribution in [0.1, 0.15) is 42.4 Å². The van der Waals surface area contributed by atoms with Crippen molar-refractivity contribution in [2.24, 2.45) is 0 Å². The molecule has 7 heteroatoms. The summed E-state index contributed by atoms with van der Waals surface area (Å²) in [7, 11) is 0. The summed E-state index contributed by atoms with van der Waals surface area (Å²) in [5.41, 5.74) is 2.89. The quantitative estimate of drug-likeness (QED) is 0.279. The standard InChI is InChI=1S/C30H32Cl2N2O2S/c31-25-13-8-11-23(17-25)20-37-21-29(35)34(19-24-12-4-7-16-27(24)32)28(18-22-9-2-1-3-10-22)30(36)33-26-14-5-6-15-26/h1-4,7-13,16-17,26,28H,5-6,14-15,18-21H2,(H,33,36)/t28-/m1/s1. The van der Waals surface area contributed by atoms with E-state index >= 15 is 0 Å². The first kappa shape index (κ1) is 27.6. The van der Waals surface area contributed by atoms with Gasteiger partial charge >= 0.3 is 0 Å². The Morgan fingerprint density at radius 3 is 2.35 bits per heavy atom. The Balaban J connectivity index is 1.57. The molecule has 1 atom stereocenters. The van der Waals surface area contributed by atoms with Gasteiger partial charge in [-0.25, -0.2) is 0 Å². The van der Waals surface area contributed by atoms with Crippen molar-refractivity contribution in [3.63, 3.8) is 0 Å². The Morgan fingerprint density at radius 1 is 0.919 bits per heavy atom. The van der Waals surface area contributed by atoms with Crippen molar-refractivity contribution in [3.05, 3.63) is 106 Å². The molecule has 0 spiro atoms. The highest BCUT2D eigenvalue weighted by Crippen LogP contribution is 2.24. The van der Waals surface area contributed by atoms with E-state index in [1.165, 1.54) is 11.8 Å². The average molecular weight is 556 g/mol. The van der Waals surface area contributed by atoms with Crippen LogP contribution >= 0.6 is 35.0 Å². The van der Waals surface area contributed by atoms with Crippen LogP contribution in [0.15, 0.2) is 78.9 Å². The predicted molar refractivity (Wildman–Crippen MR) is 154 cm³/mol. The zero-order valence-corrected chi connectivity index (χ0v) is 23.1. The molecule has 0 aromatic heterocycles. The summed E-state index contributed by atoms with van der Waals surface area (Å²) >= 11 is 14.1. The molecule has 0 radical (unpaired) electrons. The topological polar surface area (TPSA) is 49.4 Å². The van der Waals surface area contributed by atoms with Crippen molar-refractivity contribution >= 4 is 46.8 Å². The maximum absolute atomic E-state index is 13.7. The van der Waals surface area contributed by atoms with Crippen LogP contribution in [-0.2, 0) is 28.3 Å². The normalized spacial score (nSPS) is 14.3. The largest absolute Gasteiger partial charge is 0.352 e. The second-order valence-corrected chi connectivity index (χ2v) is 11.3. The van der Waals surface area contributed by atoms with Crippen LogP contribution in [0.3, 0.4) is 0 Å². The summed E-state index contributed by atoms with van der Waals surface area (Å²) in [4.78, 5) is 29.2. The highest BCUT2D eigenvalue weighted by atomic mass is 35.5. The van der Waals surface area contributed by atoms with Gasteiger partial charge in [0.2, 0.25) is 11.8 Å². The zero-order chi connectivity index (χ0) is 26.0. The van der Waals surface area contributed by atoms with Gasteiger partial charge in [-0.3, -0.25) is 9.59 Å². The van der Waals surface area contributed by atoms with E-state index in [-0.39, 0.29) is 30.2 Å². The molecule has 0 unspecified atom stereocenters. The molecular formula is C30H32Cl2N2O2S. The first-order chi connectivity index (χ1) is 18.0. The van der Waals surface area contributed by atoms with Crippen LogP contribution < -0.4 is 5.32 Å². The minimum Gasteiger partial charge on any atom is -0.352 e. The Hall–Kier alpha value is -2.47. The number of hydrogen-bond acceptors (Lipinski definition) is 3. The second kappa shape index (κ2) is 13.9. The summed E-state index contributed by atoms with van der Waals surface area (Å²) in [5, 5.41) is 4.50. The van der Waals surface area contributed by atoms with Crippen molar-refractivity contribution in [2.75, 3.05) is 5.75 Å². The minimum absolute atomic E-state index is 0.0885. The van der Waals surface area contributed by atoms with Gasteiger partial charge in [-0.15, -0.1) is 11.8 Å². The van der Waals surface area contributed by atoms with Gasteiger partial charge in [-0.2, -0.15) is 0 Å². The fourth-order valence-corrected chi connectivity index (χ4v) is 5.96. The molecule has 3 aromatic carbocycles.